The van der Waals surface area contributed by atoms with Crippen molar-refractivity contribution in [1.82, 2.24) is 10.6 Å². The molecule has 192 valence electrons. The third-order valence-corrected chi connectivity index (χ3v) is 6.43. The molecule has 0 aromatic heterocycles. The molecule has 0 aromatic rings. The SMILES string of the molecule is COC[C@H]1C[C@@H](NC(=S)CCCCO[C@@H]2O[C@H](CO)[C@H](O)[C@H](O)[C@H]2NC(C)=O)[C@@H](OC)C1O. The maximum Gasteiger partial charge on any atom is 0.217 e. The van der Waals surface area contributed by atoms with Crippen molar-refractivity contribution in [1.29, 1.82) is 0 Å². The fourth-order valence-corrected chi connectivity index (χ4v) is 4.71. The second-order valence-electron chi connectivity index (χ2n) is 8.58. The van der Waals surface area contributed by atoms with E-state index >= 15 is 0 Å². The van der Waals surface area contributed by atoms with Crippen LogP contribution >= 0.6 is 12.2 Å². The van der Waals surface area contributed by atoms with Crippen molar-refractivity contribution in [2.24, 2.45) is 5.92 Å². The Hall–Kier alpha value is -0.960. The van der Waals surface area contributed by atoms with Crippen molar-refractivity contribution in [2.75, 3.05) is 34.0 Å². The van der Waals surface area contributed by atoms with Crippen LogP contribution in [-0.2, 0) is 23.7 Å². The highest BCUT2D eigenvalue weighted by molar-refractivity contribution is 7.80. The average Bonchev–Trinajstić information content (AvgIpc) is 3.06. The summed E-state index contributed by atoms with van der Waals surface area (Å²) in [7, 11) is 3.17. The van der Waals surface area contributed by atoms with Gasteiger partial charge in [0.05, 0.1) is 30.3 Å². The molecule has 33 heavy (non-hydrogen) atoms. The highest BCUT2D eigenvalue weighted by Crippen LogP contribution is 2.29. The van der Waals surface area contributed by atoms with Gasteiger partial charge in [-0.1, -0.05) is 12.2 Å². The average molecular weight is 495 g/mol. The summed E-state index contributed by atoms with van der Waals surface area (Å²) in [5.41, 5.74) is 0. The lowest BCUT2D eigenvalue weighted by molar-refractivity contribution is -0.270. The fourth-order valence-electron chi connectivity index (χ4n) is 4.41. The zero-order chi connectivity index (χ0) is 24.5. The first-order valence-corrected chi connectivity index (χ1v) is 11.6. The topological polar surface area (TPSA) is 159 Å². The second-order valence-corrected chi connectivity index (χ2v) is 9.07. The summed E-state index contributed by atoms with van der Waals surface area (Å²) >= 11 is 5.45. The van der Waals surface area contributed by atoms with Crippen molar-refractivity contribution in [3.8, 4) is 0 Å². The molecule has 1 saturated heterocycles. The predicted molar refractivity (Wildman–Crippen MR) is 121 cm³/mol. The maximum atomic E-state index is 11.5. The molecule has 1 heterocycles. The number of amides is 1. The Morgan fingerprint density at radius 1 is 1.12 bits per heavy atom. The predicted octanol–water partition coefficient (Wildman–Crippen LogP) is -1.56. The van der Waals surface area contributed by atoms with E-state index in [9.17, 15) is 25.2 Å². The van der Waals surface area contributed by atoms with E-state index in [1.54, 1.807) is 14.2 Å². The molecule has 0 aromatic carbocycles. The van der Waals surface area contributed by atoms with Crippen LogP contribution in [0, 0.1) is 5.92 Å². The maximum absolute atomic E-state index is 11.5. The number of unbranched alkanes of at least 4 members (excludes halogenated alkanes) is 1. The molecule has 6 N–H and O–H groups in total. The van der Waals surface area contributed by atoms with E-state index in [0.717, 1.165) is 0 Å². The van der Waals surface area contributed by atoms with Gasteiger partial charge in [-0.2, -0.15) is 0 Å². The Kier molecular flexibility index (Phi) is 11.8. The number of carbonyl (C=O) groups excluding carboxylic acids is 1. The van der Waals surface area contributed by atoms with Gasteiger partial charge < -0.3 is 50.0 Å². The number of carbonyl (C=O) groups is 1. The molecule has 2 fully saturated rings. The van der Waals surface area contributed by atoms with Gasteiger partial charge in [-0.25, -0.2) is 0 Å². The summed E-state index contributed by atoms with van der Waals surface area (Å²) in [4.78, 5) is 12.1. The lowest BCUT2D eigenvalue weighted by Crippen LogP contribution is -2.64. The number of aliphatic hydroxyl groups excluding tert-OH is 4. The van der Waals surface area contributed by atoms with Crippen LogP contribution in [0.25, 0.3) is 0 Å². The Morgan fingerprint density at radius 3 is 2.45 bits per heavy atom. The molecular weight excluding hydrogens is 456 g/mol. The van der Waals surface area contributed by atoms with Crippen LogP contribution in [0.2, 0.25) is 0 Å². The van der Waals surface area contributed by atoms with Crippen molar-refractivity contribution < 1.29 is 44.2 Å². The van der Waals surface area contributed by atoms with E-state index in [0.29, 0.717) is 37.3 Å². The second kappa shape index (κ2) is 13.8. The number of methoxy groups -OCH3 is 2. The third-order valence-electron chi connectivity index (χ3n) is 6.10. The number of nitrogens with one attached hydrogen (secondary N) is 2. The van der Waals surface area contributed by atoms with Gasteiger partial charge in [0.15, 0.2) is 6.29 Å². The van der Waals surface area contributed by atoms with E-state index in [1.165, 1.54) is 6.92 Å². The highest BCUT2D eigenvalue weighted by atomic mass is 32.1. The summed E-state index contributed by atoms with van der Waals surface area (Å²) in [5, 5.41) is 45.9. The highest BCUT2D eigenvalue weighted by Gasteiger charge is 2.45. The van der Waals surface area contributed by atoms with Crippen molar-refractivity contribution in [2.45, 2.75) is 81.5 Å². The van der Waals surface area contributed by atoms with E-state index < -0.39 is 49.3 Å². The minimum Gasteiger partial charge on any atom is -0.394 e. The zero-order valence-electron chi connectivity index (χ0n) is 19.4. The van der Waals surface area contributed by atoms with Gasteiger partial charge in [0.2, 0.25) is 5.91 Å². The number of hydrogen-bond donors (Lipinski definition) is 6. The third kappa shape index (κ3) is 7.77. The smallest absolute Gasteiger partial charge is 0.217 e. The molecule has 12 heteroatoms. The standard InChI is InChI=1S/C21H38N2O9S/c1-11(25)22-16-19(28)18(27)14(9-24)32-21(16)31-7-5-4-6-15(33)23-13-8-12(10-29-2)17(26)20(13)30-3/h12-14,16-21,24,26-28H,4-10H2,1-3H3,(H,22,25)(H,23,33)/t12-,13-,14-,16-,17?,18+,19-,20-,21-/m1/s1. The number of hydrogen-bond acceptors (Lipinski definition) is 10. The number of thiocarbonyl (C=S) groups is 1. The molecule has 11 nitrogen and oxygen atoms in total. The van der Waals surface area contributed by atoms with Crippen LogP contribution in [0.3, 0.4) is 0 Å². The van der Waals surface area contributed by atoms with Gasteiger partial charge in [0.25, 0.3) is 0 Å². The fraction of sp³-hybridized carbons (Fsp3) is 0.905. The van der Waals surface area contributed by atoms with Gasteiger partial charge in [-0.05, 0) is 25.7 Å². The number of aliphatic hydroxyl groups is 4. The Bertz CT molecular complexity index is 629. The van der Waals surface area contributed by atoms with Crippen LogP contribution < -0.4 is 10.6 Å². The largest absolute Gasteiger partial charge is 0.394 e. The molecule has 1 unspecified atom stereocenters. The number of ether oxygens (including phenoxy) is 4. The minimum absolute atomic E-state index is 0.0164. The van der Waals surface area contributed by atoms with Crippen molar-refractivity contribution in [3.63, 3.8) is 0 Å². The molecule has 0 bridgehead atoms. The zero-order valence-corrected chi connectivity index (χ0v) is 20.2. The van der Waals surface area contributed by atoms with E-state index in [-0.39, 0.29) is 24.7 Å². The molecule has 1 aliphatic carbocycles. The van der Waals surface area contributed by atoms with Crippen LogP contribution in [0.1, 0.15) is 32.6 Å². The van der Waals surface area contributed by atoms with E-state index in [2.05, 4.69) is 10.6 Å². The minimum atomic E-state index is -1.34. The Labute approximate surface area is 199 Å². The van der Waals surface area contributed by atoms with Gasteiger partial charge in [-0.3, -0.25) is 4.79 Å². The first-order chi connectivity index (χ1) is 15.7. The lowest BCUT2D eigenvalue weighted by Gasteiger charge is -2.42. The van der Waals surface area contributed by atoms with Crippen LogP contribution in [-0.4, -0.2) is 114 Å². The first-order valence-electron chi connectivity index (χ1n) is 11.2. The Morgan fingerprint density at radius 2 is 1.85 bits per heavy atom. The molecular formula is C21H38N2O9S. The van der Waals surface area contributed by atoms with Crippen molar-refractivity contribution in [3.05, 3.63) is 0 Å². The van der Waals surface area contributed by atoms with E-state index in [1.807, 2.05) is 0 Å². The monoisotopic (exact) mass is 494 g/mol. The molecule has 0 spiro atoms. The molecule has 9 atom stereocenters. The number of rotatable bonds is 12. The van der Waals surface area contributed by atoms with Crippen LogP contribution in [0.5, 0.6) is 0 Å². The molecule has 1 aliphatic heterocycles. The Balaban J connectivity index is 1.76. The molecule has 0 radical (unpaired) electrons. The van der Waals surface area contributed by atoms with E-state index in [4.69, 9.17) is 31.2 Å². The summed E-state index contributed by atoms with van der Waals surface area (Å²) < 4.78 is 21.9. The molecule has 1 saturated carbocycles. The van der Waals surface area contributed by atoms with Gasteiger partial charge >= 0.3 is 0 Å². The molecule has 1 amide bonds. The van der Waals surface area contributed by atoms with Crippen LogP contribution in [0.15, 0.2) is 0 Å². The van der Waals surface area contributed by atoms with Gasteiger partial charge in [0, 0.05) is 33.7 Å². The molecule has 2 aliphatic rings. The van der Waals surface area contributed by atoms with Crippen LogP contribution in [0.4, 0.5) is 0 Å². The lowest BCUT2D eigenvalue weighted by atomic mass is 9.97. The van der Waals surface area contributed by atoms with Gasteiger partial charge in [-0.15, -0.1) is 0 Å². The first kappa shape index (κ1) is 28.3. The summed E-state index contributed by atoms with van der Waals surface area (Å²) in [5.74, 6) is -0.418. The summed E-state index contributed by atoms with van der Waals surface area (Å²) in [6, 6.07) is -1.05. The molecule has 2 rings (SSSR count). The summed E-state index contributed by atoms with van der Waals surface area (Å²) in [6.45, 7) is 1.52. The van der Waals surface area contributed by atoms with Crippen molar-refractivity contribution >= 4 is 23.1 Å². The summed E-state index contributed by atoms with van der Waals surface area (Å²) in [6.07, 6.45) is -3.02. The normalized spacial score (nSPS) is 36.5. The quantitative estimate of drug-likeness (QED) is 0.138. The van der Waals surface area contributed by atoms with Gasteiger partial charge in [0.1, 0.15) is 30.5 Å².